The molecule has 0 amide bonds. The fourth-order valence-electron chi connectivity index (χ4n) is 3.62. The van der Waals surface area contributed by atoms with Crippen LogP contribution in [0.3, 0.4) is 0 Å². The van der Waals surface area contributed by atoms with Gasteiger partial charge in [0.25, 0.3) is 0 Å². The van der Waals surface area contributed by atoms with Gasteiger partial charge in [0.1, 0.15) is 0 Å². The Morgan fingerprint density at radius 3 is 2.50 bits per heavy atom. The lowest BCUT2D eigenvalue weighted by Gasteiger charge is -2.18. The van der Waals surface area contributed by atoms with Gasteiger partial charge >= 0.3 is 0 Å². The van der Waals surface area contributed by atoms with E-state index in [4.69, 9.17) is 5.73 Å². The minimum atomic E-state index is 0.925. The molecule has 2 N–H and O–H groups in total. The molecule has 3 rings (SSSR count). The van der Waals surface area contributed by atoms with Crippen LogP contribution in [-0.4, -0.2) is 6.54 Å². The molecule has 0 heterocycles. The Hall–Kier alpha value is -0.0400. The molecule has 3 fully saturated rings. The largest absolute Gasteiger partial charge is 0.330 e. The highest BCUT2D eigenvalue weighted by molar-refractivity contribution is 5.09. The zero-order chi connectivity index (χ0) is 6.72. The Morgan fingerprint density at radius 1 is 1.00 bits per heavy atom. The zero-order valence-electron chi connectivity index (χ0n) is 6.29. The van der Waals surface area contributed by atoms with Crippen molar-refractivity contribution in [3.63, 3.8) is 0 Å². The van der Waals surface area contributed by atoms with E-state index in [9.17, 15) is 0 Å². The van der Waals surface area contributed by atoms with E-state index in [1.54, 1.807) is 6.42 Å². The summed E-state index contributed by atoms with van der Waals surface area (Å²) in [6, 6.07) is 0. The second-order valence-corrected chi connectivity index (χ2v) is 4.45. The lowest BCUT2D eigenvalue weighted by Crippen LogP contribution is -2.21. The van der Waals surface area contributed by atoms with Gasteiger partial charge in [-0.25, -0.2) is 0 Å². The summed E-state index contributed by atoms with van der Waals surface area (Å²) < 4.78 is 0. The SMILES string of the molecule is NCC1CC2CC1C1CC21. The monoisotopic (exact) mass is 137 g/mol. The average Bonchev–Trinajstić information content (AvgIpc) is 2.58. The zero-order valence-corrected chi connectivity index (χ0v) is 6.29. The number of nitrogens with two attached hydrogens (primary N) is 1. The van der Waals surface area contributed by atoms with Crippen molar-refractivity contribution in [2.75, 3.05) is 6.54 Å². The Bertz CT molecular complexity index is 166. The second-order valence-electron chi connectivity index (χ2n) is 4.45. The quantitative estimate of drug-likeness (QED) is 0.578. The first-order chi connectivity index (χ1) is 4.90. The number of fused-ring (bicyclic) bond motifs is 5. The van der Waals surface area contributed by atoms with E-state index in [0.717, 1.165) is 30.2 Å². The molecule has 5 atom stereocenters. The van der Waals surface area contributed by atoms with Crippen LogP contribution in [0.1, 0.15) is 19.3 Å². The molecule has 0 aromatic carbocycles. The van der Waals surface area contributed by atoms with Gasteiger partial charge in [0.15, 0.2) is 0 Å². The van der Waals surface area contributed by atoms with Crippen molar-refractivity contribution in [2.45, 2.75) is 19.3 Å². The summed E-state index contributed by atoms with van der Waals surface area (Å²) in [6.45, 7) is 0.963. The van der Waals surface area contributed by atoms with Crippen molar-refractivity contribution in [3.05, 3.63) is 0 Å². The third-order valence-electron chi connectivity index (χ3n) is 4.14. The Kier molecular flexibility index (Phi) is 0.883. The Morgan fingerprint density at radius 2 is 1.90 bits per heavy atom. The second kappa shape index (κ2) is 1.58. The van der Waals surface area contributed by atoms with E-state index >= 15 is 0 Å². The van der Waals surface area contributed by atoms with Crippen LogP contribution in [0, 0.1) is 29.6 Å². The highest BCUT2D eigenvalue weighted by Crippen LogP contribution is 2.67. The normalized spacial score (nSPS) is 62.7. The predicted octanol–water partition coefficient (Wildman–Crippen LogP) is 1.24. The molecule has 0 aromatic heterocycles. The van der Waals surface area contributed by atoms with E-state index in [-0.39, 0.29) is 0 Å². The molecule has 3 saturated carbocycles. The maximum absolute atomic E-state index is 5.70. The summed E-state index contributed by atoms with van der Waals surface area (Å²) >= 11 is 0. The first-order valence-corrected chi connectivity index (χ1v) is 4.60. The van der Waals surface area contributed by atoms with Gasteiger partial charge in [0, 0.05) is 0 Å². The molecule has 5 unspecified atom stereocenters. The molecule has 1 nitrogen and oxygen atoms in total. The van der Waals surface area contributed by atoms with Crippen molar-refractivity contribution in [2.24, 2.45) is 35.3 Å². The van der Waals surface area contributed by atoms with Crippen molar-refractivity contribution in [1.29, 1.82) is 0 Å². The topological polar surface area (TPSA) is 26.0 Å². The first-order valence-electron chi connectivity index (χ1n) is 4.60. The van der Waals surface area contributed by atoms with Crippen LogP contribution in [-0.2, 0) is 0 Å². The fraction of sp³-hybridized carbons (Fsp3) is 1.00. The molecule has 10 heavy (non-hydrogen) atoms. The molecular formula is C9H15N. The lowest BCUT2D eigenvalue weighted by molar-refractivity contribution is 0.324. The van der Waals surface area contributed by atoms with Crippen molar-refractivity contribution >= 4 is 0 Å². The molecule has 2 bridgehead atoms. The molecule has 0 aromatic rings. The molecule has 56 valence electrons. The van der Waals surface area contributed by atoms with E-state index in [2.05, 4.69) is 0 Å². The number of rotatable bonds is 1. The molecule has 3 aliphatic carbocycles. The van der Waals surface area contributed by atoms with E-state index in [0.29, 0.717) is 0 Å². The van der Waals surface area contributed by atoms with Crippen LogP contribution < -0.4 is 5.73 Å². The van der Waals surface area contributed by atoms with Gasteiger partial charge < -0.3 is 5.73 Å². The molecule has 1 heteroatoms. The lowest BCUT2D eigenvalue weighted by atomic mass is 9.89. The number of hydrogen-bond donors (Lipinski definition) is 1. The summed E-state index contributed by atoms with van der Waals surface area (Å²) in [5.41, 5.74) is 5.70. The minimum Gasteiger partial charge on any atom is -0.330 e. The van der Waals surface area contributed by atoms with E-state index in [1.807, 2.05) is 0 Å². The van der Waals surface area contributed by atoms with E-state index < -0.39 is 0 Å². The molecule has 0 spiro atoms. The summed E-state index contributed by atoms with van der Waals surface area (Å²) in [5.74, 6) is 5.43. The highest BCUT2D eigenvalue weighted by Gasteiger charge is 2.60. The summed E-state index contributed by atoms with van der Waals surface area (Å²) in [5, 5.41) is 0. The van der Waals surface area contributed by atoms with Gasteiger partial charge in [-0.2, -0.15) is 0 Å². The smallest absolute Gasteiger partial charge is 0.00460 e. The fourth-order valence-corrected chi connectivity index (χ4v) is 3.62. The summed E-state index contributed by atoms with van der Waals surface area (Å²) in [6.07, 6.45) is 4.57. The van der Waals surface area contributed by atoms with Gasteiger partial charge in [-0.05, 0) is 55.4 Å². The van der Waals surface area contributed by atoms with Gasteiger partial charge in [-0.3, -0.25) is 0 Å². The van der Waals surface area contributed by atoms with Crippen LogP contribution in [0.2, 0.25) is 0 Å². The van der Waals surface area contributed by atoms with Crippen LogP contribution in [0.5, 0.6) is 0 Å². The molecule has 3 aliphatic rings. The van der Waals surface area contributed by atoms with Crippen LogP contribution in [0.4, 0.5) is 0 Å². The maximum atomic E-state index is 5.70. The third-order valence-corrected chi connectivity index (χ3v) is 4.14. The molecular weight excluding hydrogens is 122 g/mol. The first kappa shape index (κ1) is 5.59. The predicted molar refractivity (Wildman–Crippen MR) is 40.4 cm³/mol. The van der Waals surface area contributed by atoms with Crippen LogP contribution in [0.25, 0.3) is 0 Å². The highest BCUT2D eigenvalue weighted by atomic mass is 14.7. The van der Waals surface area contributed by atoms with Crippen molar-refractivity contribution in [1.82, 2.24) is 0 Å². The van der Waals surface area contributed by atoms with Crippen LogP contribution >= 0.6 is 0 Å². The van der Waals surface area contributed by atoms with E-state index in [1.165, 1.54) is 18.8 Å². The van der Waals surface area contributed by atoms with Gasteiger partial charge in [-0.15, -0.1) is 0 Å². The van der Waals surface area contributed by atoms with Gasteiger partial charge in [0.2, 0.25) is 0 Å². The maximum Gasteiger partial charge on any atom is -0.00460 e. The molecule has 0 aliphatic heterocycles. The van der Waals surface area contributed by atoms with Gasteiger partial charge in [-0.1, -0.05) is 0 Å². The third kappa shape index (κ3) is 0.493. The van der Waals surface area contributed by atoms with Crippen molar-refractivity contribution in [3.8, 4) is 0 Å². The Labute approximate surface area is 62.0 Å². The Balaban J connectivity index is 1.85. The summed E-state index contributed by atoms with van der Waals surface area (Å²) in [7, 11) is 0. The number of hydrogen-bond acceptors (Lipinski definition) is 1. The standard InChI is InChI=1S/C9H15N/c10-4-6-1-5-2-7(6)9-3-8(5)9/h5-9H,1-4,10H2. The molecule has 0 radical (unpaired) electrons. The van der Waals surface area contributed by atoms with Gasteiger partial charge in [0.05, 0.1) is 0 Å². The molecule has 0 saturated heterocycles. The van der Waals surface area contributed by atoms with Crippen molar-refractivity contribution < 1.29 is 0 Å². The minimum absolute atomic E-state index is 0.925. The average molecular weight is 137 g/mol. The van der Waals surface area contributed by atoms with Crippen LogP contribution in [0.15, 0.2) is 0 Å². The summed E-state index contributed by atoms with van der Waals surface area (Å²) in [4.78, 5) is 0.